The number of amides is 3. The molecule has 144 valence electrons. The van der Waals surface area contributed by atoms with Gasteiger partial charge in [0.2, 0.25) is 0 Å². The lowest BCUT2D eigenvalue weighted by Crippen LogP contribution is -2.93. The molecule has 0 spiro atoms. The summed E-state index contributed by atoms with van der Waals surface area (Å²) in [4.78, 5) is 23.5. The number of benzene rings is 2. The van der Waals surface area contributed by atoms with E-state index in [1.54, 1.807) is 24.4 Å². The van der Waals surface area contributed by atoms with E-state index >= 15 is 0 Å². The molecule has 27 heavy (non-hydrogen) atoms. The van der Waals surface area contributed by atoms with Crippen LogP contribution in [0.1, 0.15) is 24.1 Å². The maximum atomic E-state index is 12.3. The van der Waals surface area contributed by atoms with Crippen LogP contribution >= 0.6 is 0 Å². The third kappa shape index (κ3) is 6.03. The van der Waals surface area contributed by atoms with Gasteiger partial charge < -0.3 is 15.4 Å². The molecule has 0 saturated heterocycles. The minimum Gasteiger partial charge on any atom is -0.435 e. The number of rotatable bonds is 7. The Kier molecular flexibility index (Phi) is 7.25. The summed E-state index contributed by atoms with van der Waals surface area (Å²) in [6.45, 7) is -1.21. The van der Waals surface area contributed by atoms with Crippen molar-refractivity contribution < 1.29 is 28.4 Å². The normalized spacial score (nSPS) is 12.9. The number of hydrogen-bond donors (Lipinski definition) is 3. The third-order valence-electron chi connectivity index (χ3n) is 3.98. The Labute approximate surface area is 155 Å². The molecule has 0 unspecified atom stereocenters. The van der Waals surface area contributed by atoms with Crippen molar-refractivity contribution in [1.82, 2.24) is 10.6 Å². The first-order valence-electron chi connectivity index (χ1n) is 8.38. The molecule has 2 atom stereocenters. The Morgan fingerprint density at radius 3 is 2.15 bits per heavy atom. The van der Waals surface area contributed by atoms with E-state index in [9.17, 15) is 18.4 Å². The zero-order valence-corrected chi connectivity index (χ0v) is 15.0. The van der Waals surface area contributed by atoms with Gasteiger partial charge in [-0.15, -0.1) is 0 Å². The third-order valence-corrected chi connectivity index (χ3v) is 3.98. The molecule has 8 heteroatoms. The van der Waals surface area contributed by atoms with Crippen molar-refractivity contribution in [3.05, 3.63) is 65.7 Å². The predicted octanol–water partition coefficient (Wildman–Crippen LogP) is 1.78. The Morgan fingerprint density at radius 1 is 1.00 bits per heavy atom. The van der Waals surface area contributed by atoms with Crippen LogP contribution in [0, 0.1) is 0 Å². The second-order valence-electron chi connectivity index (χ2n) is 5.89. The number of halogens is 2. The molecule has 0 aromatic heterocycles. The van der Waals surface area contributed by atoms with Crippen LogP contribution in [0.5, 0.6) is 5.75 Å². The van der Waals surface area contributed by atoms with Crippen LogP contribution in [0.15, 0.2) is 54.6 Å². The highest BCUT2D eigenvalue weighted by Crippen LogP contribution is 2.22. The van der Waals surface area contributed by atoms with Gasteiger partial charge in [-0.25, -0.2) is 4.79 Å². The van der Waals surface area contributed by atoms with Crippen molar-refractivity contribution in [3.8, 4) is 5.75 Å². The SMILES string of the molecule is CNC(=O)NC(=O)[C@@H](C)[NH2+][C@H](c1ccccc1)c1ccc(OC(F)F)cc1. The number of nitrogens with two attached hydrogens (primary N) is 1. The summed E-state index contributed by atoms with van der Waals surface area (Å²) in [6.07, 6.45) is 0. The van der Waals surface area contributed by atoms with Crippen LogP contribution in [-0.2, 0) is 4.79 Å². The minimum absolute atomic E-state index is 0.0611. The summed E-state index contributed by atoms with van der Waals surface area (Å²) in [5, 5.41) is 6.38. The number of carbonyl (C=O) groups is 2. The smallest absolute Gasteiger partial charge is 0.387 e. The summed E-state index contributed by atoms with van der Waals surface area (Å²) < 4.78 is 29.0. The largest absolute Gasteiger partial charge is 0.435 e. The molecule has 0 aliphatic carbocycles. The molecule has 0 saturated carbocycles. The van der Waals surface area contributed by atoms with E-state index in [0.29, 0.717) is 0 Å². The van der Waals surface area contributed by atoms with Crippen LogP contribution in [0.2, 0.25) is 0 Å². The number of quaternary nitrogens is 1. The van der Waals surface area contributed by atoms with E-state index in [2.05, 4.69) is 15.4 Å². The summed E-state index contributed by atoms with van der Waals surface area (Å²) in [5.41, 5.74) is 1.74. The summed E-state index contributed by atoms with van der Waals surface area (Å²) in [7, 11) is 1.42. The van der Waals surface area contributed by atoms with Crippen molar-refractivity contribution in [2.75, 3.05) is 7.05 Å². The molecular weight excluding hydrogens is 356 g/mol. The predicted molar refractivity (Wildman–Crippen MR) is 95.3 cm³/mol. The zero-order valence-electron chi connectivity index (χ0n) is 15.0. The first-order chi connectivity index (χ1) is 12.9. The van der Waals surface area contributed by atoms with E-state index in [-0.39, 0.29) is 11.8 Å². The summed E-state index contributed by atoms with van der Waals surface area (Å²) >= 11 is 0. The fourth-order valence-corrected chi connectivity index (χ4v) is 2.60. The number of nitrogens with one attached hydrogen (secondary N) is 2. The molecule has 6 nitrogen and oxygen atoms in total. The van der Waals surface area contributed by atoms with Gasteiger partial charge in [-0.3, -0.25) is 10.1 Å². The van der Waals surface area contributed by atoms with Gasteiger partial charge in [-0.1, -0.05) is 30.3 Å². The topological polar surface area (TPSA) is 84.0 Å². The van der Waals surface area contributed by atoms with Gasteiger partial charge in [-0.05, 0) is 31.2 Å². The first-order valence-corrected chi connectivity index (χ1v) is 8.38. The highest BCUT2D eigenvalue weighted by Gasteiger charge is 2.25. The van der Waals surface area contributed by atoms with E-state index in [4.69, 9.17) is 0 Å². The highest BCUT2D eigenvalue weighted by atomic mass is 19.3. The average molecular weight is 378 g/mol. The Bertz CT molecular complexity index is 755. The highest BCUT2D eigenvalue weighted by molar-refractivity contribution is 5.95. The molecule has 0 radical (unpaired) electrons. The van der Waals surface area contributed by atoms with Crippen molar-refractivity contribution >= 4 is 11.9 Å². The zero-order chi connectivity index (χ0) is 19.8. The van der Waals surface area contributed by atoms with Gasteiger partial charge in [-0.2, -0.15) is 8.78 Å². The Hall–Kier alpha value is -3.00. The van der Waals surface area contributed by atoms with Crippen molar-refractivity contribution in [2.24, 2.45) is 0 Å². The fourth-order valence-electron chi connectivity index (χ4n) is 2.60. The number of urea groups is 1. The molecule has 2 rings (SSSR count). The van der Waals surface area contributed by atoms with Crippen LogP contribution < -0.4 is 20.7 Å². The summed E-state index contributed by atoms with van der Waals surface area (Å²) in [5.74, 6) is -0.376. The van der Waals surface area contributed by atoms with Gasteiger partial charge in [0.15, 0.2) is 6.04 Å². The van der Waals surface area contributed by atoms with Gasteiger partial charge in [0.25, 0.3) is 5.91 Å². The van der Waals surface area contributed by atoms with Crippen molar-refractivity contribution in [1.29, 1.82) is 0 Å². The second kappa shape index (κ2) is 9.63. The van der Waals surface area contributed by atoms with E-state index < -0.39 is 24.6 Å². The molecule has 4 N–H and O–H groups in total. The maximum Gasteiger partial charge on any atom is 0.387 e. The molecule has 0 bridgehead atoms. The van der Waals surface area contributed by atoms with Crippen molar-refractivity contribution in [2.45, 2.75) is 25.6 Å². The van der Waals surface area contributed by atoms with Crippen LogP contribution in [-0.4, -0.2) is 31.6 Å². The lowest BCUT2D eigenvalue weighted by Gasteiger charge is -2.20. The Morgan fingerprint density at radius 2 is 1.59 bits per heavy atom. The number of ether oxygens (including phenoxy) is 1. The minimum atomic E-state index is -2.89. The fraction of sp³-hybridized carbons (Fsp3) is 0.263. The van der Waals surface area contributed by atoms with Crippen LogP contribution in [0.25, 0.3) is 0 Å². The Balaban J connectivity index is 2.22. The van der Waals surface area contributed by atoms with E-state index in [0.717, 1.165) is 11.1 Å². The lowest BCUT2D eigenvalue weighted by molar-refractivity contribution is -0.704. The van der Waals surface area contributed by atoms with Crippen LogP contribution in [0.4, 0.5) is 13.6 Å². The van der Waals surface area contributed by atoms with E-state index in [1.807, 2.05) is 30.3 Å². The number of imide groups is 1. The molecule has 0 fully saturated rings. The van der Waals surface area contributed by atoms with E-state index in [1.165, 1.54) is 19.2 Å². The second-order valence-corrected chi connectivity index (χ2v) is 5.89. The molecule has 0 aliphatic rings. The number of alkyl halides is 2. The van der Waals surface area contributed by atoms with Crippen molar-refractivity contribution in [3.63, 3.8) is 0 Å². The molecule has 3 amide bonds. The molecule has 2 aromatic carbocycles. The monoisotopic (exact) mass is 378 g/mol. The quantitative estimate of drug-likeness (QED) is 0.687. The molecule has 0 heterocycles. The maximum absolute atomic E-state index is 12.3. The van der Waals surface area contributed by atoms with Gasteiger partial charge in [0.05, 0.1) is 0 Å². The lowest BCUT2D eigenvalue weighted by atomic mass is 9.97. The van der Waals surface area contributed by atoms with Crippen LogP contribution in [0.3, 0.4) is 0 Å². The molecule has 2 aromatic rings. The number of carbonyl (C=O) groups excluding carboxylic acids is 2. The molecule has 0 aliphatic heterocycles. The summed E-state index contributed by atoms with van der Waals surface area (Å²) in [6, 6.07) is 14.3. The van der Waals surface area contributed by atoms with Gasteiger partial charge >= 0.3 is 12.6 Å². The average Bonchev–Trinajstić information content (AvgIpc) is 2.66. The molecular formula is C19H22F2N3O3+. The van der Waals surface area contributed by atoms with Gasteiger partial charge in [0.1, 0.15) is 11.8 Å². The number of hydrogen-bond acceptors (Lipinski definition) is 3. The first kappa shape index (κ1) is 20.3. The van der Waals surface area contributed by atoms with Gasteiger partial charge in [0, 0.05) is 18.2 Å². The standard InChI is InChI=1S/C19H21F2N3O3/c1-12(17(25)24-19(26)22-2)23-16(13-6-4-3-5-7-13)14-8-10-15(11-9-14)27-18(20)21/h3-12,16,18,23H,1-2H3,(H2,22,24,25,26)/p+1/t12-,16-/m1/s1.